The van der Waals surface area contributed by atoms with Crippen LogP contribution >= 0.6 is 15.9 Å². The van der Waals surface area contributed by atoms with E-state index >= 15 is 0 Å². The number of carbonyl (C=O) groups excluding carboxylic acids is 3. The Balaban J connectivity index is 1.47. The summed E-state index contributed by atoms with van der Waals surface area (Å²) in [5, 5.41) is 2.70. The maximum absolute atomic E-state index is 12.3. The normalized spacial score (nSPS) is 16.0. The van der Waals surface area contributed by atoms with Gasteiger partial charge in [0, 0.05) is 29.7 Å². The number of likely N-dealkylation sites (tertiary alicyclic amines) is 1. The molecule has 29 heavy (non-hydrogen) atoms. The first-order chi connectivity index (χ1) is 13.8. The zero-order valence-electron chi connectivity index (χ0n) is 16.4. The molecule has 1 aliphatic heterocycles. The fourth-order valence-electron chi connectivity index (χ4n) is 3.17. The van der Waals surface area contributed by atoms with Crippen LogP contribution in [0.25, 0.3) is 0 Å². The highest BCUT2D eigenvalue weighted by atomic mass is 79.9. The standard InChI is InChI=1S/C22H23BrN2O4/c1-14-3-5-16(6-4-14)11-25-12-17(10-21(25)27)22(28)29-13-20(26)24-18-7-8-19(23)15(2)9-18/h3-9,17H,10-13H2,1-2H3,(H,24,26)/t17-/m1/s1. The molecule has 0 radical (unpaired) electrons. The highest BCUT2D eigenvalue weighted by Crippen LogP contribution is 2.22. The lowest BCUT2D eigenvalue weighted by atomic mass is 10.1. The first-order valence-electron chi connectivity index (χ1n) is 9.38. The molecule has 6 nitrogen and oxygen atoms in total. The van der Waals surface area contributed by atoms with Crippen molar-refractivity contribution in [2.75, 3.05) is 18.5 Å². The number of aryl methyl sites for hydroxylation is 2. The number of amides is 2. The van der Waals surface area contributed by atoms with Gasteiger partial charge in [-0.3, -0.25) is 14.4 Å². The van der Waals surface area contributed by atoms with Crippen LogP contribution in [0.1, 0.15) is 23.1 Å². The number of rotatable bonds is 6. The molecule has 0 aromatic heterocycles. The van der Waals surface area contributed by atoms with Gasteiger partial charge in [-0.1, -0.05) is 45.8 Å². The first-order valence-corrected chi connectivity index (χ1v) is 10.2. The summed E-state index contributed by atoms with van der Waals surface area (Å²) in [6.07, 6.45) is 0.109. The SMILES string of the molecule is Cc1ccc(CN2C[C@H](C(=O)OCC(=O)Nc3ccc(Br)c(C)c3)CC2=O)cc1. The third-order valence-corrected chi connectivity index (χ3v) is 5.72. The zero-order valence-corrected chi connectivity index (χ0v) is 18.0. The lowest BCUT2D eigenvalue weighted by Gasteiger charge is -2.16. The summed E-state index contributed by atoms with van der Waals surface area (Å²) < 4.78 is 6.08. The fourth-order valence-corrected chi connectivity index (χ4v) is 3.42. The summed E-state index contributed by atoms with van der Waals surface area (Å²) in [5.41, 5.74) is 3.78. The Hall–Kier alpha value is -2.67. The molecule has 1 N–H and O–H groups in total. The van der Waals surface area contributed by atoms with E-state index in [1.165, 1.54) is 0 Å². The highest BCUT2D eigenvalue weighted by molar-refractivity contribution is 9.10. The summed E-state index contributed by atoms with van der Waals surface area (Å²) in [7, 11) is 0. The number of anilines is 1. The highest BCUT2D eigenvalue weighted by Gasteiger charge is 2.35. The molecular weight excluding hydrogens is 436 g/mol. The van der Waals surface area contributed by atoms with Gasteiger partial charge in [0.1, 0.15) is 0 Å². The number of hydrogen-bond acceptors (Lipinski definition) is 4. The van der Waals surface area contributed by atoms with Crippen molar-refractivity contribution in [1.29, 1.82) is 0 Å². The molecule has 1 aliphatic rings. The molecule has 2 aromatic carbocycles. The topological polar surface area (TPSA) is 75.7 Å². The molecule has 7 heteroatoms. The molecule has 1 saturated heterocycles. The maximum atomic E-state index is 12.3. The van der Waals surface area contributed by atoms with Gasteiger partial charge >= 0.3 is 5.97 Å². The van der Waals surface area contributed by atoms with Crippen molar-refractivity contribution in [2.24, 2.45) is 5.92 Å². The maximum Gasteiger partial charge on any atom is 0.311 e. The van der Waals surface area contributed by atoms with Gasteiger partial charge in [0.2, 0.25) is 5.91 Å². The van der Waals surface area contributed by atoms with Crippen LogP contribution in [0.4, 0.5) is 5.69 Å². The van der Waals surface area contributed by atoms with Gasteiger partial charge in [-0.25, -0.2) is 0 Å². The van der Waals surface area contributed by atoms with Crippen LogP contribution in [-0.4, -0.2) is 35.8 Å². The Morgan fingerprint density at radius 3 is 2.59 bits per heavy atom. The van der Waals surface area contributed by atoms with Crippen LogP contribution in [-0.2, 0) is 25.7 Å². The van der Waals surface area contributed by atoms with E-state index in [1.54, 1.807) is 11.0 Å². The van der Waals surface area contributed by atoms with Crippen LogP contribution in [0.5, 0.6) is 0 Å². The first kappa shape index (κ1) is 21.0. The number of nitrogens with one attached hydrogen (secondary N) is 1. The summed E-state index contributed by atoms with van der Waals surface area (Å²) in [6, 6.07) is 13.4. The van der Waals surface area contributed by atoms with Crippen LogP contribution < -0.4 is 5.32 Å². The summed E-state index contributed by atoms with van der Waals surface area (Å²) in [4.78, 5) is 38.2. The third-order valence-electron chi connectivity index (χ3n) is 4.83. The second-order valence-corrected chi connectivity index (χ2v) is 8.14. The molecule has 0 bridgehead atoms. The Labute approximate surface area is 178 Å². The van der Waals surface area contributed by atoms with Crippen molar-refractivity contribution in [3.63, 3.8) is 0 Å². The Kier molecular flexibility index (Phi) is 6.69. The number of benzene rings is 2. The lowest BCUT2D eigenvalue weighted by molar-refractivity contribution is -0.151. The Morgan fingerprint density at radius 1 is 1.17 bits per heavy atom. The summed E-state index contributed by atoms with van der Waals surface area (Å²) in [5.74, 6) is -1.56. The second kappa shape index (κ2) is 9.22. The van der Waals surface area contributed by atoms with Crippen molar-refractivity contribution >= 4 is 39.4 Å². The molecule has 1 atom stereocenters. The Morgan fingerprint density at radius 2 is 1.90 bits per heavy atom. The van der Waals surface area contributed by atoms with Gasteiger partial charge in [0.25, 0.3) is 5.91 Å². The van der Waals surface area contributed by atoms with E-state index in [0.717, 1.165) is 21.2 Å². The minimum absolute atomic E-state index is 0.0812. The van der Waals surface area contributed by atoms with E-state index < -0.39 is 17.8 Å². The number of nitrogens with zero attached hydrogens (tertiary/aromatic N) is 1. The van der Waals surface area contributed by atoms with E-state index in [0.29, 0.717) is 18.8 Å². The van der Waals surface area contributed by atoms with E-state index in [4.69, 9.17) is 4.74 Å². The van der Waals surface area contributed by atoms with Crippen molar-refractivity contribution < 1.29 is 19.1 Å². The van der Waals surface area contributed by atoms with Crippen molar-refractivity contribution in [3.05, 3.63) is 63.6 Å². The van der Waals surface area contributed by atoms with Crippen LogP contribution in [0, 0.1) is 19.8 Å². The van der Waals surface area contributed by atoms with E-state index in [-0.39, 0.29) is 18.9 Å². The van der Waals surface area contributed by atoms with E-state index in [2.05, 4.69) is 21.2 Å². The largest absolute Gasteiger partial charge is 0.455 e. The van der Waals surface area contributed by atoms with Crippen LogP contribution in [0.15, 0.2) is 46.9 Å². The van der Waals surface area contributed by atoms with Crippen LogP contribution in [0.2, 0.25) is 0 Å². The summed E-state index contributed by atoms with van der Waals surface area (Å²) >= 11 is 3.40. The average Bonchev–Trinajstić information content (AvgIpc) is 3.05. The summed E-state index contributed by atoms with van der Waals surface area (Å²) in [6.45, 7) is 4.31. The number of ether oxygens (including phenoxy) is 1. The predicted molar refractivity (Wildman–Crippen MR) is 113 cm³/mol. The molecule has 0 unspecified atom stereocenters. The van der Waals surface area contributed by atoms with Gasteiger partial charge in [-0.15, -0.1) is 0 Å². The minimum atomic E-state index is -0.546. The molecule has 1 heterocycles. The molecule has 2 amide bonds. The van der Waals surface area contributed by atoms with Gasteiger partial charge in [0.05, 0.1) is 5.92 Å². The second-order valence-electron chi connectivity index (χ2n) is 7.28. The minimum Gasteiger partial charge on any atom is -0.455 e. The molecule has 152 valence electrons. The smallest absolute Gasteiger partial charge is 0.311 e. The average molecular weight is 459 g/mol. The van der Waals surface area contributed by atoms with Gasteiger partial charge in [-0.2, -0.15) is 0 Å². The van der Waals surface area contributed by atoms with E-state index in [1.807, 2.05) is 50.2 Å². The van der Waals surface area contributed by atoms with E-state index in [9.17, 15) is 14.4 Å². The number of esters is 1. The monoisotopic (exact) mass is 458 g/mol. The number of carbonyl (C=O) groups is 3. The molecule has 2 aromatic rings. The van der Waals surface area contributed by atoms with Gasteiger partial charge in [-0.05, 0) is 43.2 Å². The molecule has 3 rings (SSSR count). The van der Waals surface area contributed by atoms with Crippen molar-refractivity contribution in [2.45, 2.75) is 26.8 Å². The van der Waals surface area contributed by atoms with Crippen molar-refractivity contribution in [1.82, 2.24) is 4.90 Å². The number of halogens is 1. The molecular formula is C22H23BrN2O4. The molecule has 1 fully saturated rings. The quantitative estimate of drug-likeness (QED) is 0.670. The van der Waals surface area contributed by atoms with Gasteiger partial charge < -0.3 is 15.0 Å². The molecule has 0 saturated carbocycles. The lowest BCUT2D eigenvalue weighted by Crippen LogP contribution is -2.28. The molecule has 0 spiro atoms. The Bertz CT molecular complexity index is 927. The number of hydrogen-bond donors (Lipinski definition) is 1. The van der Waals surface area contributed by atoms with Crippen LogP contribution in [0.3, 0.4) is 0 Å². The van der Waals surface area contributed by atoms with Crippen molar-refractivity contribution in [3.8, 4) is 0 Å². The predicted octanol–water partition coefficient (Wildman–Crippen LogP) is 3.60. The zero-order chi connectivity index (χ0) is 21.0. The third kappa shape index (κ3) is 5.67. The fraction of sp³-hybridized carbons (Fsp3) is 0.318. The molecule has 0 aliphatic carbocycles. The van der Waals surface area contributed by atoms with Gasteiger partial charge in [0.15, 0.2) is 6.61 Å².